The van der Waals surface area contributed by atoms with E-state index in [9.17, 15) is 0 Å². The van der Waals surface area contributed by atoms with E-state index in [1.165, 1.54) is 22.4 Å². The van der Waals surface area contributed by atoms with Crippen LogP contribution in [-0.2, 0) is 0 Å². The number of aliphatic imine (C=N–C) groups is 1. The number of hydrogen-bond acceptors (Lipinski definition) is 2. The van der Waals surface area contributed by atoms with E-state index < -0.39 is 0 Å². The van der Waals surface area contributed by atoms with Gasteiger partial charge in [-0.15, -0.1) is 6.58 Å². The van der Waals surface area contributed by atoms with Crippen molar-refractivity contribution in [2.75, 3.05) is 0 Å². The Bertz CT molecular complexity index is 775. The maximum atomic E-state index is 4.77. The molecule has 1 aliphatic heterocycles. The molecule has 0 amide bonds. The number of nitrogens with one attached hydrogen (secondary N) is 1. The van der Waals surface area contributed by atoms with Crippen molar-refractivity contribution >= 4 is 5.71 Å². The van der Waals surface area contributed by atoms with E-state index in [0.29, 0.717) is 0 Å². The first-order valence-electron chi connectivity index (χ1n) is 8.42. The summed E-state index contributed by atoms with van der Waals surface area (Å²) in [5, 5.41) is 3.47. The van der Waals surface area contributed by atoms with Crippen LogP contribution in [0.4, 0.5) is 0 Å². The average molecular weight is 316 g/mol. The summed E-state index contributed by atoms with van der Waals surface area (Å²) in [7, 11) is 0. The van der Waals surface area contributed by atoms with Crippen molar-refractivity contribution in [3.63, 3.8) is 0 Å². The van der Waals surface area contributed by atoms with Gasteiger partial charge in [0.1, 0.15) is 0 Å². The summed E-state index contributed by atoms with van der Waals surface area (Å²) in [6.45, 7) is 10.2. The minimum Gasteiger partial charge on any atom is -0.378 e. The van der Waals surface area contributed by atoms with Crippen LogP contribution >= 0.6 is 0 Å². The highest BCUT2D eigenvalue weighted by Crippen LogP contribution is 2.25. The van der Waals surface area contributed by atoms with Gasteiger partial charge in [-0.1, -0.05) is 66.8 Å². The van der Waals surface area contributed by atoms with Crippen LogP contribution in [0.25, 0.3) is 0 Å². The Balaban J connectivity index is 1.60. The number of hydrogen-bond donors (Lipinski definition) is 1. The van der Waals surface area contributed by atoms with Gasteiger partial charge in [-0.25, -0.2) is 0 Å². The summed E-state index contributed by atoms with van der Waals surface area (Å²) in [5.74, 6) is 0. The van der Waals surface area contributed by atoms with Crippen LogP contribution in [0.3, 0.4) is 0 Å². The fourth-order valence-electron chi connectivity index (χ4n) is 3.09. The monoisotopic (exact) mass is 316 g/mol. The Morgan fingerprint density at radius 1 is 1.38 bits per heavy atom. The Morgan fingerprint density at radius 3 is 2.96 bits per heavy atom. The first-order chi connectivity index (χ1) is 11.7. The van der Waals surface area contributed by atoms with Crippen LogP contribution in [0.2, 0.25) is 0 Å². The predicted molar refractivity (Wildman–Crippen MR) is 103 cm³/mol. The standard InChI is InChI=1S/C22H24N2/c1-4-21(19-11-7-8-16(2)14-19)23-17(3)15-20-12-13-22(24-20)18-9-5-6-10-18/h4-9,11-12,14,21,23H,1,3,10,13,15H2,2H3. The Hall–Kier alpha value is -2.61. The topological polar surface area (TPSA) is 24.4 Å². The second kappa shape index (κ2) is 7.31. The zero-order valence-corrected chi connectivity index (χ0v) is 14.3. The second-order valence-corrected chi connectivity index (χ2v) is 6.33. The lowest BCUT2D eigenvalue weighted by Crippen LogP contribution is -2.18. The lowest BCUT2D eigenvalue weighted by atomic mass is 10.0. The normalized spacial score (nSPS) is 17.1. The maximum absolute atomic E-state index is 4.77. The Morgan fingerprint density at radius 2 is 2.25 bits per heavy atom. The van der Waals surface area contributed by atoms with Gasteiger partial charge in [0.25, 0.3) is 0 Å². The molecule has 1 unspecified atom stereocenters. The molecular formula is C22H24N2. The molecule has 0 fully saturated rings. The molecule has 1 aromatic carbocycles. The van der Waals surface area contributed by atoms with Crippen molar-refractivity contribution in [3.05, 3.63) is 95.9 Å². The van der Waals surface area contributed by atoms with Gasteiger partial charge >= 0.3 is 0 Å². The van der Waals surface area contributed by atoms with Crippen molar-refractivity contribution in [1.82, 2.24) is 5.32 Å². The van der Waals surface area contributed by atoms with Crippen molar-refractivity contribution < 1.29 is 0 Å². The van der Waals surface area contributed by atoms with Gasteiger partial charge < -0.3 is 5.32 Å². The molecule has 1 N–H and O–H groups in total. The molecule has 2 heteroatoms. The number of rotatable bonds is 7. The van der Waals surface area contributed by atoms with Crippen molar-refractivity contribution in [3.8, 4) is 0 Å². The summed E-state index contributed by atoms with van der Waals surface area (Å²) < 4.78 is 0. The van der Waals surface area contributed by atoms with Crippen LogP contribution < -0.4 is 5.32 Å². The molecule has 0 radical (unpaired) electrons. The predicted octanol–water partition coefficient (Wildman–Crippen LogP) is 5.33. The zero-order chi connectivity index (χ0) is 16.9. The molecule has 0 bridgehead atoms. The third-order valence-corrected chi connectivity index (χ3v) is 4.34. The minimum absolute atomic E-state index is 0.0737. The van der Waals surface area contributed by atoms with Gasteiger partial charge in [-0.3, -0.25) is 4.99 Å². The molecule has 122 valence electrons. The summed E-state index contributed by atoms with van der Waals surface area (Å²) in [6.07, 6.45) is 13.3. The smallest absolute Gasteiger partial charge is 0.0692 e. The molecule has 2 aliphatic rings. The van der Waals surface area contributed by atoms with E-state index in [4.69, 9.17) is 4.99 Å². The number of benzene rings is 1. The molecule has 1 heterocycles. The van der Waals surface area contributed by atoms with Gasteiger partial charge in [-0.05, 0) is 24.5 Å². The van der Waals surface area contributed by atoms with Gasteiger partial charge in [0.15, 0.2) is 0 Å². The molecule has 3 rings (SSSR count). The molecule has 1 aliphatic carbocycles. The van der Waals surface area contributed by atoms with Crippen molar-refractivity contribution in [2.45, 2.75) is 32.2 Å². The summed E-state index contributed by atoms with van der Waals surface area (Å²) in [5.41, 5.74) is 7.06. The molecule has 0 aromatic heterocycles. The lowest BCUT2D eigenvalue weighted by molar-refractivity contribution is 0.697. The first kappa shape index (κ1) is 16.3. The SMILES string of the molecule is C=CC(NC(=C)CC1=CCC(C2=CC=CC2)=N1)c1cccc(C)c1. The molecule has 1 atom stereocenters. The third kappa shape index (κ3) is 3.83. The summed E-state index contributed by atoms with van der Waals surface area (Å²) in [6, 6.07) is 8.54. The van der Waals surface area contributed by atoms with E-state index >= 15 is 0 Å². The Kier molecular flexibility index (Phi) is 4.95. The van der Waals surface area contributed by atoms with Gasteiger partial charge in [-0.2, -0.15) is 0 Å². The first-order valence-corrected chi connectivity index (χ1v) is 8.42. The largest absolute Gasteiger partial charge is 0.378 e. The molecule has 0 spiro atoms. The minimum atomic E-state index is 0.0737. The second-order valence-electron chi connectivity index (χ2n) is 6.33. The summed E-state index contributed by atoms with van der Waals surface area (Å²) in [4.78, 5) is 4.77. The van der Waals surface area contributed by atoms with Crippen LogP contribution in [0.1, 0.15) is 36.4 Å². The summed E-state index contributed by atoms with van der Waals surface area (Å²) >= 11 is 0. The van der Waals surface area contributed by atoms with Crippen LogP contribution in [0.15, 0.2) is 89.8 Å². The van der Waals surface area contributed by atoms with Gasteiger partial charge in [0, 0.05) is 29.9 Å². The number of nitrogens with zero attached hydrogens (tertiary/aromatic N) is 1. The lowest BCUT2D eigenvalue weighted by Gasteiger charge is -2.19. The van der Waals surface area contributed by atoms with Crippen LogP contribution in [0.5, 0.6) is 0 Å². The van der Waals surface area contributed by atoms with Crippen LogP contribution in [-0.4, -0.2) is 5.71 Å². The van der Waals surface area contributed by atoms with E-state index in [-0.39, 0.29) is 6.04 Å². The molecular weight excluding hydrogens is 292 g/mol. The van der Waals surface area contributed by atoms with Crippen molar-refractivity contribution in [2.24, 2.45) is 4.99 Å². The van der Waals surface area contributed by atoms with Gasteiger partial charge in [0.05, 0.1) is 6.04 Å². The molecule has 1 aromatic rings. The van der Waals surface area contributed by atoms with E-state index in [2.05, 4.69) is 74.0 Å². The quantitative estimate of drug-likeness (QED) is 0.675. The highest BCUT2D eigenvalue weighted by atomic mass is 14.9. The van der Waals surface area contributed by atoms with E-state index in [1.54, 1.807) is 0 Å². The fourth-order valence-corrected chi connectivity index (χ4v) is 3.09. The van der Waals surface area contributed by atoms with Gasteiger partial charge in [0.2, 0.25) is 0 Å². The molecule has 2 nitrogen and oxygen atoms in total. The highest BCUT2D eigenvalue weighted by Gasteiger charge is 2.15. The highest BCUT2D eigenvalue weighted by molar-refractivity contribution is 6.04. The average Bonchev–Trinajstić information content (AvgIpc) is 3.23. The number of aryl methyl sites for hydroxylation is 1. The molecule has 0 saturated carbocycles. The number of allylic oxidation sites excluding steroid dienone is 5. The van der Waals surface area contributed by atoms with E-state index in [1.807, 2.05) is 6.08 Å². The van der Waals surface area contributed by atoms with Crippen LogP contribution in [0, 0.1) is 6.92 Å². The third-order valence-electron chi connectivity index (χ3n) is 4.34. The maximum Gasteiger partial charge on any atom is 0.0692 e. The zero-order valence-electron chi connectivity index (χ0n) is 14.3. The molecule has 24 heavy (non-hydrogen) atoms. The molecule has 0 saturated heterocycles. The Labute approximate surface area is 144 Å². The van der Waals surface area contributed by atoms with Crippen molar-refractivity contribution in [1.29, 1.82) is 0 Å². The fraction of sp³-hybridized carbons (Fsp3) is 0.227. The van der Waals surface area contributed by atoms with E-state index in [0.717, 1.165) is 30.7 Å².